The molecule has 0 aliphatic heterocycles. The van der Waals surface area contributed by atoms with E-state index in [1.165, 1.54) is 0 Å². The van der Waals surface area contributed by atoms with Gasteiger partial charge in [-0.15, -0.1) is 11.6 Å². The number of ketones is 1. The van der Waals surface area contributed by atoms with Crippen LogP contribution in [0.2, 0.25) is 0 Å². The van der Waals surface area contributed by atoms with Gasteiger partial charge in [-0.3, -0.25) is 4.79 Å². The second kappa shape index (κ2) is 4.45. The van der Waals surface area contributed by atoms with Crippen molar-refractivity contribution in [2.75, 3.05) is 5.88 Å². The highest BCUT2D eigenvalue weighted by atomic mass is 35.5. The summed E-state index contributed by atoms with van der Waals surface area (Å²) in [5, 5.41) is 3.68. The summed E-state index contributed by atoms with van der Waals surface area (Å²) in [4.78, 5) is 11.2. The fourth-order valence-corrected chi connectivity index (χ4v) is 1.54. The number of carbonyl (C=O) groups is 1. The van der Waals surface area contributed by atoms with Crippen LogP contribution in [-0.4, -0.2) is 16.8 Å². The topological polar surface area (TPSA) is 43.1 Å². The van der Waals surface area contributed by atoms with E-state index in [1.54, 1.807) is 6.07 Å². The van der Waals surface area contributed by atoms with Crippen LogP contribution in [0.1, 0.15) is 29.1 Å². The number of hydrogen-bond donors (Lipinski definition) is 0. The van der Waals surface area contributed by atoms with Gasteiger partial charge in [0.25, 0.3) is 0 Å². The second-order valence-corrected chi connectivity index (χ2v) is 3.54. The fraction of sp³-hybridized carbons (Fsp3) is 0.273. The minimum Gasteiger partial charge on any atom is -0.356 e. The van der Waals surface area contributed by atoms with Gasteiger partial charge in [0.1, 0.15) is 0 Å². The van der Waals surface area contributed by atoms with E-state index in [4.69, 9.17) is 16.1 Å². The zero-order chi connectivity index (χ0) is 10.7. The van der Waals surface area contributed by atoms with Crippen LogP contribution in [0, 0.1) is 0 Å². The monoisotopic (exact) mass is 223 g/mol. The van der Waals surface area contributed by atoms with Gasteiger partial charge in [-0.25, -0.2) is 0 Å². The third-order valence-electron chi connectivity index (χ3n) is 2.20. The molecule has 1 aliphatic rings. The van der Waals surface area contributed by atoms with E-state index in [2.05, 4.69) is 17.3 Å². The third-order valence-corrected chi connectivity index (χ3v) is 2.44. The summed E-state index contributed by atoms with van der Waals surface area (Å²) in [6.07, 6.45) is 8.14. The van der Waals surface area contributed by atoms with E-state index in [0.717, 1.165) is 18.4 Å². The van der Waals surface area contributed by atoms with E-state index in [-0.39, 0.29) is 11.7 Å². The first-order valence-corrected chi connectivity index (χ1v) is 5.27. The average Bonchev–Trinajstić information content (AvgIpc) is 2.78. The van der Waals surface area contributed by atoms with Gasteiger partial charge in [0.15, 0.2) is 17.2 Å². The lowest BCUT2D eigenvalue weighted by molar-refractivity contribution is 0.101. The summed E-state index contributed by atoms with van der Waals surface area (Å²) < 4.78 is 5.08. The Balaban J connectivity index is 2.23. The van der Waals surface area contributed by atoms with Crippen molar-refractivity contribution in [3.8, 4) is 0 Å². The quantitative estimate of drug-likeness (QED) is 0.585. The largest absolute Gasteiger partial charge is 0.356 e. The molecule has 0 fully saturated rings. The van der Waals surface area contributed by atoms with Gasteiger partial charge >= 0.3 is 0 Å². The first kappa shape index (κ1) is 10.2. The van der Waals surface area contributed by atoms with E-state index < -0.39 is 0 Å². The average molecular weight is 224 g/mol. The van der Waals surface area contributed by atoms with Crippen LogP contribution in [0.15, 0.2) is 28.8 Å². The molecule has 0 amide bonds. The summed E-state index contributed by atoms with van der Waals surface area (Å²) in [5.41, 5.74) is 1.27. The molecule has 0 spiro atoms. The third kappa shape index (κ3) is 2.18. The highest BCUT2D eigenvalue weighted by Gasteiger charge is 2.13. The van der Waals surface area contributed by atoms with Crippen molar-refractivity contribution in [1.29, 1.82) is 0 Å². The van der Waals surface area contributed by atoms with Crippen molar-refractivity contribution in [2.24, 2.45) is 0 Å². The molecular weight excluding hydrogens is 214 g/mol. The molecule has 1 aromatic rings. The van der Waals surface area contributed by atoms with Crippen LogP contribution >= 0.6 is 11.6 Å². The number of aromatic nitrogens is 1. The number of nitrogens with zero attached hydrogens (tertiary/aromatic N) is 1. The lowest BCUT2D eigenvalue weighted by Crippen LogP contribution is -1.99. The molecule has 0 atom stereocenters. The summed E-state index contributed by atoms with van der Waals surface area (Å²) in [6.45, 7) is 0. The Morgan fingerprint density at radius 3 is 3.07 bits per heavy atom. The Hall–Kier alpha value is -1.35. The van der Waals surface area contributed by atoms with E-state index in [9.17, 15) is 4.79 Å². The molecule has 15 heavy (non-hydrogen) atoms. The summed E-state index contributed by atoms with van der Waals surface area (Å²) in [5.74, 6) is 0.340. The number of rotatable bonds is 3. The molecule has 0 saturated carbocycles. The van der Waals surface area contributed by atoms with Crippen molar-refractivity contribution in [3.05, 3.63) is 35.7 Å². The first-order chi connectivity index (χ1) is 7.31. The Morgan fingerprint density at radius 2 is 2.40 bits per heavy atom. The molecule has 78 valence electrons. The van der Waals surface area contributed by atoms with Crippen LogP contribution in [0.4, 0.5) is 0 Å². The van der Waals surface area contributed by atoms with Gasteiger partial charge in [0, 0.05) is 11.6 Å². The summed E-state index contributed by atoms with van der Waals surface area (Å²) in [7, 11) is 0. The van der Waals surface area contributed by atoms with Crippen LogP contribution in [0.3, 0.4) is 0 Å². The van der Waals surface area contributed by atoms with E-state index >= 15 is 0 Å². The smallest absolute Gasteiger partial charge is 0.199 e. The Bertz CT molecular complexity index is 432. The number of Topliss-reactive ketones (excluding diaryl/α,β-unsaturated/α-hetero) is 1. The summed E-state index contributed by atoms with van der Waals surface area (Å²) >= 11 is 5.42. The fourth-order valence-electron chi connectivity index (χ4n) is 1.41. The Kier molecular flexibility index (Phi) is 3.02. The molecular formula is C11H10ClNO2. The van der Waals surface area contributed by atoms with E-state index in [0.29, 0.717) is 11.5 Å². The Labute approximate surface area is 92.4 Å². The summed E-state index contributed by atoms with van der Waals surface area (Å²) in [6, 6.07) is 1.63. The van der Waals surface area contributed by atoms with E-state index in [1.807, 2.05) is 6.08 Å². The molecule has 4 heteroatoms. The predicted octanol–water partition coefficient (Wildman–Crippen LogP) is 2.83. The van der Waals surface area contributed by atoms with Gasteiger partial charge in [-0.05, 0) is 12.8 Å². The normalized spacial score (nSPS) is 15.1. The minimum atomic E-state index is -0.216. The number of allylic oxidation sites excluding steroid dienone is 4. The van der Waals surface area contributed by atoms with Gasteiger partial charge in [-0.1, -0.05) is 23.4 Å². The van der Waals surface area contributed by atoms with Crippen molar-refractivity contribution in [1.82, 2.24) is 5.16 Å². The molecule has 0 radical (unpaired) electrons. The lowest BCUT2D eigenvalue weighted by atomic mass is 10.0. The van der Waals surface area contributed by atoms with Crippen molar-refractivity contribution in [3.63, 3.8) is 0 Å². The predicted molar refractivity (Wildman–Crippen MR) is 57.9 cm³/mol. The van der Waals surface area contributed by atoms with Crippen molar-refractivity contribution >= 4 is 23.0 Å². The molecule has 0 aromatic carbocycles. The van der Waals surface area contributed by atoms with Crippen LogP contribution in [0.5, 0.6) is 0 Å². The molecule has 2 rings (SSSR count). The molecule has 1 aromatic heterocycles. The molecule has 0 saturated heterocycles. The second-order valence-electron chi connectivity index (χ2n) is 3.27. The molecule has 0 unspecified atom stereocenters. The van der Waals surface area contributed by atoms with Crippen molar-refractivity contribution in [2.45, 2.75) is 12.8 Å². The van der Waals surface area contributed by atoms with Crippen LogP contribution in [-0.2, 0) is 0 Å². The van der Waals surface area contributed by atoms with Crippen LogP contribution in [0.25, 0.3) is 5.57 Å². The molecule has 1 heterocycles. The maximum absolute atomic E-state index is 11.2. The minimum absolute atomic E-state index is 0.0686. The number of alkyl halides is 1. The maximum Gasteiger partial charge on any atom is 0.199 e. The van der Waals surface area contributed by atoms with Crippen molar-refractivity contribution < 1.29 is 9.32 Å². The number of halogens is 1. The molecule has 1 aliphatic carbocycles. The lowest BCUT2D eigenvalue weighted by Gasteiger charge is -2.01. The maximum atomic E-state index is 11.2. The number of carbonyl (C=O) groups excluding carboxylic acids is 1. The molecule has 3 nitrogen and oxygen atoms in total. The Morgan fingerprint density at radius 1 is 1.53 bits per heavy atom. The van der Waals surface area contributed by atoms with Gasteiger partial charge < -0.3 is 4.52 Å². The SMILES string of the molecule is O=C(CCl)c1cc(C2=CCCC=C2)on1. The first-order valence-electron chi connectivity index (χ1n) is 4.74. The van der Waals surface area contributed by atoms with Gasteiger partial charge in [0.2, 0.25) is 0 Å². The zero-order valence-corrected chi connectivity index (χ0v) is 8.83. The van der Waals surface area contributed by atoms with Gasteiger partial charge in [-0.2, -0.15) is 0 Å². The van der Waals surface area contributed by atoms with Crippen LogP contribution < -0.4 is 0 Å². The highest BCUT2D eigenvalue weighted by Crippen LogP contribution is 2.22. The highest BCUT2D eigenvalue weighted by molar-refractivity contribution is 6.30. The van der Waals surface area contributed by atoms with Gasteiger partial charge in [0.05, 0.1) is 5.88 Å². The zero-order valence-electron chi connectivity index (χ0n) is 8.07. The molecule has 0 N–H and O–H groups in total. The number of hydrogen-bond acceptors (Lipinski definition) is 3. The molecule has 0 bridgehead atoms. The standard InChI is InChI=1S/C11H10ClNO2/c12-7-10(14)9-6-11(15-13-9)8-4-2-1-3-5-8/h2,4-6H,1,3,7H2.